The van der Waals surface area contributed by atoms with Crippen LogP contribution in [0.5, 0.6) is 0 Å². The first-order valence-corrected chi connectivity index (χ1v) is 9.24. The van der Waals surface area contributed by atoms with Gasteiger partial charge in [-0.1, -0.05) is 43.2 Å². The summed E-state index contributed by atoms with van der Waals surface area (Å²) in [5.74, 6) is 0.508. The van der Waals surface area contributed by atoms with E-state index >= 15 is 0 Å². The Morgan fingerprint density at radius 1 is 1.40 bits per heavy atom. The Kier molecular flexibility index (Phi) is 5.53. The van der Waals surface area contributed by atoms with E-state index in [9.17, 15) is 4.79 Å². The van der Waals surface area contributed by atoms with E-state index in [1.54, 1.807) is 0 Å². The molecule has 0 aliphatic carbocycles. The van der Waals surface area contributed by atoms with Gasteiger partial charge in [0.05, 0.1) is 12.2 Å². The highest BCUT2D eigenvalue weighted by Gasteiger charge is 2.28. The number of aromatic amines is 1. The fourth-order valence-electron chi connectivity index (χ4n) is 3.71. The molecule has 0 saturated carbocycles. The van der Waals surface area contributed by atoms with Crippen LogP contribution in [0.15, 0.2) is 30.5 Å². The first-order chi connectivity index (χ1) is 12.1. The fourth-order valence-corrected chi connectivity index (χ4v) is 3.71. The topological polar surface area (TPSA) is 75.0 Å². The van der Waals surface area contributed by atoms with Crippen molar-refractivity contribution in [1.29, 1.82) is 0 Å². The molecule has 3 rings (SSSR count). The van der Waals surface area contributed by atoms with Gasteiger partial charge in [0, 0.05) is 30.3 Å². The van der Waals surface area contributed by atoms with Gasteiger partial charge in [0.25, 0.3) is 0 Å². The van der Waals surface area contributed by atoms with Crippen molar-refractivity contribution >= 4 is 5.91 Å². The Morgan fingerprint density at radius 2 is 2.16 bits per heavy atom. The minimum atomic E-state index is -0.350. The third kappa shape index (κ3) is 3.93. The molecule has 3 N–H and O–H groups in total. The third-order valence-corrected chi connectivity index (χ3v) is 5.13. The molecule has 1 aliphatic heterocycles. The van der Waals surface area contributed by atoms with Crippen molar-refractivity contribution in [3.05, 3.63) is 41.7 Å². The van der Waals surface area contributed by atoms with E-state index in [-0.39, 0.29) is 11.9 Å². The molecule has 0 radical (unpaired) electrons. The van der Waals surface area contributed by atoms with E-state index in [1.807, 2.05) is 11.1 Å². The molecule has 1 aliphatic rings. The van der Waals surface area contributed by atoms with E-state index in [0.717, 1.165) is 38.8 Å². The second kappa shape index (κ2) is 7.83. The van der Waals surface area contributed by atoms with E-state index in [1.165, 1.54) is 22.4 Å². The summed E-state index contributed by atoms with van der Waals surface area (Å²) >= 11 is 0. The van der Waals surface area contributed by atoms with E-state index in [0.29, 0.717) is 5.92 Å². The molecule has 134 valence electrons. The molecule has 5 nitrogen and oxygen atoms in total. The lowest BCUT2D eigenvalue weighted by Gasteiger charge is -2.33. The Balaban J connectivity index is 1.68. The first-order valence-electron chi connectivity index (χ1n) is 9.24. The predicted octanol–water partition coefficient (Wildman–Crippen LogP) is 3.22. The molecule has 1 amide bonds. The standard InChI is InChI=1S/C20H28N4O/c1-3-5-18(21)20(25)24-10-8-15(9-11-24)19-17(13-22-23-19)16-7-4-6-14(2)12-16/h4,6-7,12-13,15,18H,3,5,8-11,21H2,1-2H3,(H,22,23). The van der Waals surface area contributed by atoms with Crippen molar-refractivity contribution in [3.8, 4) is 11.1 Å². The van der Waals surface area contributed by atoms with Gasteiger partial charge in [-0.15, -0.1) is 0 Å². The van der Waals surface area contributed by atoms with Gasteiger partial charge >= 0.3 is 0 Å². The number of benzene rings is 1. The summed E-state index contributed by atoms with van der Waals surface area (Å²) in [4.78, 5) is 14.3. The molecule has 0 spiro atoms. The van der Waals surface area contributed by atoms with Crippen LogP contribution in [0, 0.1) is 6.92 Å². The monoisotopic (exact) mass is 340 g/mol. The van der Waals surface area contributed by atoms with Crippen molar-refractivity contribution in [1.82, 2.24) is 15.1 Å². The minimum Gasteiger partial charge on any atom is -0.341 e. The summed E-state index contributed by atoms with van der Waals surface area (Å²) in [6.45, 7) is 5.71. The number of nitrogens with one attached hydrogen (secondary N) is 1. The summed E-state index contributed by atoms with van der Waals surface area (Å²) in [7, 11) is 0. The zero-order valence-corrected chi connectivity index (χ0v) is 15.2. The maximum atomic E-state index is 12.4. The van der Waals surface area contributed by atoms with Crippen LogP contribution in [-0.2, 0) is 4.79 Å². The van der Waals surface area contributed by atoms with E-state index in [2.05, 4.69) is 48.3 Å². The number of rotatable bonds is 5. The molecule has 0 bridgehead atoms. The van der Waals surface area contributed by atoms with Crippen molar-refractivity contribution < 1.29 is 4.79 Å². The molecule has 1 unspecified atom stereocenters. The number of aromatic nitrogens is 2. The molecule has 2 aromatic rings. The molecular weight excluding hydrogens is 312 g/mol. The summed E-state index contributed by atoms with van der Waals surface area (Å²) in [5, 5.41) is 7.49. The average molecular weight is 340 g/mol. The smallest absolute Gasteiger partial charge is 0.239 e. The average Bonchev–Trinajstić information content (AvgIpc) is 3.11. The van der Waals surface area contributed by atoms with Gasteiger partial charge in [0.1, 0.15) is 0 Å². The van der Waals surface area contributed by atoms with Gasteiger partial charge in [0.15, 0.2) is 0 Å². The lowest BCUT2D eigenvalue weighted by atomic mass is 9.89. The third-order valence-electron chi connectivity index (χ3n) is 5.13. The van der Waals surface area contributed by atoms with Crippen LogP contribution < -0.4 is 5.73 Å². The molecule has 1 aromatic heterocycles. The molecule has 2 heterocycles. The normalized spacial score (nSPS) is 16.8. The number of carbonyl (C=O) groups excluding carboxylic acids is 1. The van der Waals surface area contributed by atoms with Gasteiger partial charge in [-0.3, -0.25) is 9.89 Å². The first kappa shape index (κ1) is 17.7. The summed E-state index contributed by atoms with van der Waals surface area (Å²) in [5.41, 5.74) is 10.8. The number of hydrogen-bond acceptors (Lipinski definition) is 3. The van der Waals surface area contributed by atoms with Gasteiger partial charge in [-0.2, -0.15) is 5.10 Å². The second-order valence-electron chi connectivity index (χ2n) is 7.06. The molecule has 5 heteroatoms. The highest BCUT2D eigenvalue weighted by Crippen LogP contribution is 2.34. The minimum absolute atomic E-state index is 0.101. The zero-order valence-electron chi connectivity index (χ0n) is 15.2. The number of carbonyl (C=O) groups is 1. The Bertz CT molecular complexity index is 716. The molecule has 1 atom stereocenters. The number of aryl methyl sites for hydroxylation is 1. The van der Waals surface area contributed by atoms with Crippen molar-refractivity contribution in [2.24, 2.45) is 5.73 Å². The number of H-pyrrole nitrogens is 1. The predicted molar refractivity (Wildman–Crippen MR) is 100 cm³/mol. The highest BCUT2D eigenvalue weighted by molar-refractivity contribution is 5.81. The lowest BCUT2D eigenvalue weighted by Crippen LogP contribution is -2.46. The van der Waals surface area contributed by atoms with Crippen LogP contribution in [0.25, 0.3) is 11.1 Å². The molecule has 25 heavy (non-hydrogen) atoms. The van der Waals surface area contributed by atoms with Gasteiger partial charge in [-0.25, -0.2) is 0 Å². The number of amides is 1. The Morgan fingerprint density at radius 3 is 2.84 bits per heavy atom. The SMILES string of the molecule is CCCC(N)C(=O)N1CCC(c2[nH]ncc2-c2cccc(C)c2)CC1. The van der Waals surface area contributed by atoms with Crippen LogP contribution >= 0.6 is 0 Å². The van der Waals surface area contributed by atoms with Crippen molar-refractivity contribution in [3.63, 3.8) is 0 Å². The van der Waals surface area contributed by atoms with Crippen LogP contribution in [0.1, 0.15) is 49.8 Å². The largest absolute Gasteiger partial charge is 0.341 e. The van der Waals surface area contributed by atoms with Crippen LogP contribution in [0.3, 0.4) is 0 Å². The van der Waals surface area contributed by atoms with Gasteiger partial charge < -0.3 is 10.6 Å². The number of piperidine rings is 1. The van der Waals surface area contributed by atoms with Crippen LogP contribution in [0.4, 0.5) is 0 Å². The highest BCUT2D eigenvalue weighted by atomic mass is 16.2. The van der Waals surface area contributed by atoms with Gasteiger partial charge in [-0.05, 0) is 31.7 Å². The Labute approximate surface area is 149 Å². The van der Waals surface area contributed by atoms with E-state index in [4.69, 9.17) is 5.73 Å². The van der Waals surface area contributed by atoms with Gasteiger partial charge in [0.2, 0.25) is 5.91 Å². The van der Waals surface area contributed by atoms with E-state index < -0.39 is 0 Å². The quantitative estimate of drug-likeness (QED) is 0.877. The molecular formula is C20H28N4O. The van der Waals surface area contributed by atoms with Crippen LogP contribution in [0.2, 0.25) is 0 Å². The number of hydrogen-bond donors (Lipinski definition) is 2. The van der Waals surface area contributed by atoms with Crippen molar-refractivity contribution in [2.45, 2.75) is 51.5 Å². The lowest BCUT2D eigenvalue weighted by molar-refractivity contribution is -0.133. The number of likely N-dealkylation sites (tertiary alicyclic amines) is 1. The Hall–Kier alpha value is -2.14. The number of nitrogens with two attached hydrogens (primary N) is 1. The number of nitrogens with zero attached hydrogens (tertiary/aromatic N) is 2. The maximum absolute atomic E-state index is 12.4. The summed E-state index contributed by atoms with van der Waals surface area (Å²) in [6, 6.07) is 8.15. The van der Waals surface area contributed by atoms with Crippen molar-refractivity contribution in [2.75, 3.05) is 13.1 Å². The molecule has 1 aromatic carbocycles. The summed E-state index contributed by atoms with van der Waals surface area (Å²) in [6.07, 6.45) is 5.52. The van der Waals surface area contributed by atoms with Crippen LogP contribution in [-0.4, -0.2) is 40.1 Å². The fraction of sp³-hybridized carbons (Fsp3) is 0.500. The maximum Gasteiger partial charge on any atom is 0.239 e. The molecule has 1 fully saturated rings. The summed E-state index contributed by atoms with van der Waals surface area (Å²) < 4.78 is 0. The molecule has 1 saturated heterocycles. The second-order valence-corrected chi connectivity index (χ2v) is 7.06. The zero-order chi connectivity index (χ0) is 17.8.